The Morgan fingerprint density at radius 1 is 1.15 bits per heavy atom. The van der Waals surface area contributed by atoms with Crippen molar-refractivity contribution in [3.05, 3.63) is 59.1 Å². The Morgan fingerprint density at radius 2 is 1.88 bits per heavy atom. The van der Waals surface area contributed by atoms with Crippen molar-refractivity contribution in [3.8, 4) is 0 Å². The van der Waals surface area contributed by atoms with Gasteiger partial charge in [0, 0.05) is 16.4 Å². The highest BCUT2D eigenvalue weighted by molar-refractivity contribution is 8.02. The first-order valence-corrected chi connectivity index (χ1v) is 9.98. The first kappa shape index (κ1) is 18.7. The van der Waals surface area contributed by atoms with Crippen molar-refractivity contribution in [3.63, 3.8) is 0 Å². The summed E-state index contributed by atoms with van der Waals surface area (Å²) in [5.41, 5.74) is 2.84. The maximum absolute atomic E-state index is 12.3. The molecule has 0 aliphatic heterocycles. The van der Waals surface area contributed by atoms with Crippen LogP contribution in [0.4, 0.5) is 16.5 Å². The van der Waals surface area contributed by atoms with Gasteiger partial charge in [0.15, 0.2) is 4.34 Å². The summed E-state index contributed by atoms with van der Waals surface area (Å²) in [5.74, 6) is -0.0964. The number of aromatic nitrogens is 2. The highest BCUT2D eigenvalue weighted by Gasteiger charge is 2.17. The highest BCUT2D eigenvalue weighted by Crippen LogP contribution is 2.31. The molecule has 0 bridgehead atoms. The number of nitrogens with one attached hydrogen (secondary N) is 2. The van der Waals surface area contributed by atoms with Gasteiger partial charge in [-0.3, -0.25) is 4.79 Å². The number of carbonyl (C=O) groups is 1. The van der Waals surface area contributed by atoms with Crippen LogP contribution in [-0.2, 0) is 4.79 Å². The minimum atomic E-state index is -0.301. The molecule has 3 rings (SSSR count). The number of hydrogen-bond acceptors (Lipinski definition) is 6. The van der Waals surface area contributed by atoms with E-state index < -0.39 is 0 Å². The Bertz CT molecular complexity index is 898. The minimum absolute atomic E-state index is 0.0964. The largest absolute Gasteiger partial charge is 0.330 e. The fourth-order valence-corrected chi connectivity index (χ4v) is 4.15. The lowest BCUT2D eigenvalue weighted by atomic mass is 10.2. The predicted molar refractivity (Wildman–Crippen MR) is 110 cm³/mol. The number of thioether (sulfide) groups is 1. The number of hydrogen-bond donors (Lipinski definition) is 2. The van der Waals surface area contributed by atoms with Crippen molar-refractivity contribution in [2.24, 2.45) is 0 Å². The number of benzene rings is 2. The maximum Gasteiger partial charge on any atom is 0.237 e. The summed E-state index contributed by atoms with van der Waals surface area (Å²) in [6.07, 6.45) is 0. The van der Waals surface area contributed by atoms with E-state index in [0.29, 0.717) is 15.8 Å². The average Bonchev–Trinajstić information content (AvgIpc) is 3.06. The molecular formula is C18H17ClN4OS2. The number of halogens is 1. The summed E-state index contributed by atoms with van der Waals surface area (Å²) in [4.78, 5) is 12.3. The predicted octanol–water partition coefficient (Wildman–Crippen LogP) is 5.36. The number of carbonyl (C=O) groups excluding carboxylic acids is 1. The molecule has 0 spiro atoms. The number of nitrogens with zero attached hydrogens (tertiary/aromatic N) is 2. The van der Waals surface area contributed by atoms with Crippen LogP contribution in [0.5, 0.6) is 0 Å². The molecule has 2 aromatic carbocycles. The van der Waals surface area contributed by atoms with Crippen LogP contribution in [0.15, 0.2) is 52.9 Å². The summed E-state index contributed by atoms with van der Waals surface area (Å²) < 4.78 is 0.736. The van der Waals surface area contributed by atoms with Crippen LogP contribution < -0.4 is 10.6 Å². The summed E-state index contributed by atoms with van der Waals surface area (Å²) >= 11 is 8.65. The van der Waals surface area contributed by atoms with Gasteiger partial charge in [0.1, 0.15) is 0 Å². The Morgan fingerprint density at radius 3 is 2.62 bits per heavy atom. The summed E-state index contributed by atoms with van der Waals surface area (Å²) in [6.45, 7) is 3.87. The molecular weight excluding hydrogens is 388 g/mol. The maximum atomic E-state index is 12.3. The monoisotopic (exact) mass is 404 g/mol. The summed E-state index contributed by atoms with van der Waals surface area (Å²) in [7, 11) is 0. The molecule has 1 atom stereocenters. The molecule has 0 aliphatic carbocycles. The van der Waals surface area contributed by atoms with Crippen molar-refractivity contribution in [2.45, 2.75) is 23.4 Å². The van der Waals surface area contributed by atoms with Gasteiger partial charge in [-0.1, -0.05) is 52.9 Å². The molecule has 5 nitrogen and oxygen atoms in total. The van der Waals surface area contributed by atoms with E-state index in [-0.39, 0.29) is 11.2 Å². The third-order valence-corrected chi connectivity index (χ3v) is 5.83. The molecule has 1 heterocycles. The van der Waals surface area contributed by atoms with Crippen molar-refractivity contribution in [1.29, 1.82) is 0 Å². The van der Waals surface area contributed by atoms with Crippen molar-refractivity contribution in [1.82, 2.24) is 10.2 Å². The normalized spacial score (nSPS) is 11.8. The van der Waals surface area contributed by atoms with Crippen molar-refractivity contribution >= 4 is 57.1 Å². The molecule has 8 heteroatoms. The van der Waals surface area contributed by atoms with Gasteiger partial charge in [0.2, 0.25) is 11.0 Å². The second-order valence-corrected chi connectivity index (χ2v) is 8.57. The van der Waals surface area contributed by atoms with Crippen LogP contribution in [0.3, 0.4) is 0 Å². The third kappa shape index (κ3) is 4.97. The Hall–Kier alpha value is -2.09. The van der Waals surface area contributed by atoms with E-state index in [0.717, 1.165) is 15.6 Å². The fraction of sp³-hybridized carbons (Fsp3) is 0.167. The number of para-hydroxylation sites is 1. The lowest BCUT2D eigenvalue weighted by Crippen LogP contribution is -2.22. The van der Waals surface area contributed by atoms with Crippen LogP contribution in [0, 0.1) is 6.92 Å². The van der Waals surface area contributed by atoms with Crippen LogP contribution in [0.2, 0.25) is 5.02 Å². The Balaban J connectivity index is 1.58. The number of rotatable bonds is 6. The third-order valence-electron chi connectivity index (χ3n) is 3.55. The molecule has 0 fully saturated rings. The first-order chi connectivity index (χ1) is 12.5. The Kier molecular flexibility index (Phi) is 6.13. The lowest BCUT2D eigenvalue weighted by molar-refractivity contribution is -0.115. The fourth-order valence-electron chi connectivity index (χ4n) is 2.12. The highest BCUT2D eigenvalue weighted by atomic mass is 35.5. The van der Waals surface area contributed by atoms with Crippen LogP contribution >= 0.6 is 34.7 Å². The topological polar surface area (TPSA) is 66.9 Å². The SMILES string of the molecule is Cc1ccccc1Nc1nnc(S[C@@H](C)C(=O)Nc2ccc(Cl)cc2)s1. The average molecular weight is 405 g/mol. The van der Waals surface area contributed by atoms with Gasteiger partial charge in [-0.2, -0.15) is 0 Å². The molecule has 1 amide bonds. The number of anilines is 3. The van der Waals surface area contributed by atoms with E-state index in [1.165, 1.54) is 23.1 Å². The van der Waals surface area contributed by atoms with E-state index >= 15 is 0 Å². The lowest BCUT2D eigenvalue weighted by Gasteiger charge is -2.10. The zero-order valence-corrected chi connectivity index (χ0v) is 16.6. The molecule has 134 valence electrons. The number of amides is 1. The van der Waals surface area contributed by atoms with Crippen molar-refractivity contribution < 1.29 is 4.79 Å². The van der Waals surface area contributed by atoms with E-state index in [4.69, 9.17) is 11.6 Å². The molecule has 0 radical (unpaired) electrons. The van der Waals surface area contributed by atoms with Gasteiger partial charge in [-0.25, -0.2) is 0 Å². The van der Waals surface area contributed by atoms with E-state index in [1.807, 2.05) is 38.1 Å². The summed E-state index contributed by atoms with van der Waals surface area (Å²) in [5, 5.41) is 15.5. The molecule has 0 saturated heterocycles. The van der Waals surface area contributed by atoms with Gasteiger partial charge in [0.25, 0.3) is 0 Å². The quantitative estimate of drug-likeness (QED) is 0.541. The standard InChI is InChI=1S/C18H17ClN4OS2/c1-11-5-3-4-6-15(11)21-17-22-23-18(26-17)25-12(2)16(24)20-14-9-7-13(19)8-10-14/h3-10,12H,1-2H3,(H,20,24)(H,21,22)/t12-/m0/s1. The van der Waals surface area contributed by atoms with Crippen molar-refractivity contribution in [2.75, 3.05) is 10.6 Å². The van der Waals surface area contributed by atoms with E-state index in [2.05, 4.69) is 20.8 Å². The zero-order valence-electron chi connectivity index (χ0n) is 14.2. The van der Waals surface area contributed by atoms with Gasteiger partial charge in [-0.15, -0.1) is 10.2 Å². The van der Waals surface area contributed by atoms with E-state index in [9.17, 15) is 4.79 Å². The second-order valence-electron chi connectivity index (χ2n) is 5.57. The number of aryl methyl sites for hydroxylation is 1. The minimum Gasteiger partial charge on any atom is -0.330 e. The molecule has 0 aliphatic rings. The summed E-state index contributed by atoms with van der Waals surface area (Å²) in [6, 6.07) is 15.0. The molecule has 2 N–H and O–H groups in total. The van der Waals surface area contributed by atoms with Gasteiger partial charge >= 0.3 is 0 Å². The zero-order chi connectivity index (χ0) is 18.5. The molecule has 1 aromatic heterocycles. The molecule has 26 heavy (non-hydrogen) atoms. The molecule has 0 saturated carbocycles. The van der Waals surface area contributed by atoms with E-state index in [1.54, 1.807) is 24.3 Å². The van der Waals surface area contributed by atoms with Gasteiger partial charge in [0.05, 0.1) is 5.25 Å². The Labute approximate surface area is 165 Å². The molecule has 3 aromatic rings. The molecule has 0 unspecified atom stereocenters. The smallest absolute Gasteiger partial charge is 0.237 e. The van der Waals surface area contributed by atoms with Crippen LogP contribution in [0.1, 0.15) is 12.5 Å². The van der Waals surface area contributed by atoms with Gasteiger partial charge < -0.3 is 10.6 Å². The van der Waals surface area contributed by atoms with Gasteiger partial charge in [-0.05, 0) is 49.7 Å². The van der Waals surface area contributed by atoms with Crippen LogP contribution in [-0.4, -0.2) is 21.4 Å². The first-order valence-electron chi connectivity index (χ1n) is 7.90. The van der Waals surface area contributed by atoms with Crippen LogP contribution in [0.25, 0.3) is 0 Å². The second kappa shape index (κ2) is 8.53.